The van der Waals surface area contributed by atoms with Crippen LogP contribution in [0.15, 0.2) is 23.8 Å². The van der Waals surface area contributed by atoms with Crippen molar-refractivity contribution in [3.05, 3.63) is 23.8 Å². The Bertz CT molecular complexity index is 483. The molecule has 0 aliphatic heterocycles. The van der Waals surface area contributed by atoms with Crippen LogP contribution in [0.25, 0.3) is 0 Å². The van der Waals surface area contributed by atoms with E-state index in [0.29, 0.717) is 0 Å². The fourth-order valence-corrected chi connectivity index (χ4v) is 3.85. The molecule has 0 radical (unpaired) electrons. The number of halogens is 3. The van der Waals surface area contributed by atoms with E-state index in [2.05, 4.69) is 0 Å². The summed E-state index contributed by atoms with van der Waals surface area (Å²) in [6.07, 6.45) is -0.399. The SMILES string of the molecule is CO[C@@]1(C)C=C[C@@](O[Si](C)(C)C)(C(F)(F)F)C(C(C)(C)C)=C1. The zero-order valence-electron chi connectivity index (χ0n) is 14.7. The zero-order chi connectivity index (χ0) is 17.6. The van der Waals surface area contributed by atoms with E-state index in [-0.39, 0.29) is 5.57 Å². The van der Waals surface area contributed by atoms with Crippen LogP contribution < -0.4 is 0 Å². The summed E-state index contributed by atoms with van der Waals surface area (Å²) in [4.78, 5) is 0. The van der Waals surface area contributed by atoms with Crippen LogP contribution in [0.2, 0.25) is 19.6 Å². The topological polar surface area (TPSA) is 18.5 Å². The lowest BCUT2D eigenvalue weighted by Gasteiger charge is -2.47. The Labute approximate surface area is 132 Å². The third-order valence-corrected chi connectivity index (χ3v) is 4.55. The smallest absolute Gasteiger partial charge is 0.398 e. The van der Waals surface area contributed by atoms with Gasteiger partial charge in [-0.1, -0.05) is 20.8 Å². The van der Waals surface area contributed by atoms with Crippen LogP contribution in [0.3, 0.4) is 0 Å². The Morgan fingerprint density at radius 2 is 1.55 bits per heavy atom. The largest absolute Gasteiger partial charge is 0.424 e. The molecule has 128 valence electrons. The first-order chi connectivity index (χ1) is 9.56. The standard InChI is InChI=1S/C16H27F3O2Si/c1-13(2,3)12-11-14(4,20-5)9-10-15(12,16(17,18)19)21-22(6,7)8/h9-11H,1-8H3/t14-,15-/m0/s1. The van der Waals surface area contributed by atoms with Gasteiger partial charge in [-0.3, -0.25) is 0 Å². The van der Waals surface area contributed by atoms with Crippen molar-refractivity contribution < 1.29 is 22.3 Å². The predicted molar refractivity (Wildman–Crippen MR) is 85.3 cm³/mol. The summed E-state index contributed by atoms with van der Waals surface area (Å²) >= 11 is 0. The number of hydrogen-bond acceptors (Lipinski definition) is 2. The van der Waals surface area contributed by atoms with Gasteiger partial charge in [-0.05, 0) is 55.8 Å². The summed E-state index contributed by atoms with van der Waals surface area (Å²) in [5.74, 6) is 0. The molecular weight excluding hydrogens is 309 g/mol. The third kappa shape index (κ3) is 3.84. The molecule has 0 fully saturated rings. The Morgan fingerprint density at radius 1 is 1.05 bits per heavy atom. The zero-order valence-corrected chi connectivity index (χ0v) is 15.7. The second kappa shape index (κ2) is 5.49. The molecular formula is C16H27F3O2Si. The van der Waals surface area contributed by atoms with Crippen LogP contribution in [0.5, 0.6) is 0 Å². The molecule has 0 spiro atoms. The van der Waals surface area contributed by atoms with Gasteiger partial charge in [0.2, 0.25) is 0 Å². The molecule has 1 rings (SSSR count). The molecule has 2 nitrogen and oxygen atoms in total. The molecule has 0 bridgehead atoms. The molecule has 0 aromatic rings. The summed E-state index contributed by atoms with van der Waals surface area (Å²) < 4.78 is 53.2. The maximum atomic E-state index is 14.0. The van der Waals surface area contributed by atoms with Crippen molar-refractivity contribution in [1.82, 2.24) is 0 Å². The van der Waals surface area contributed by atoms with Crippen molar-refractivity contribution in [2.75, 3.05) is 7.11 Å². The van der Waals surface area contributed by atoms with Crippen LogP contribution in [0.4, 0.5) is 13.2 Å². The first-order valence-electron chi connectivity index (χ1n) is 7.33. The quantitative estimate of drug-likeness (QED) is 0.528. The third-order valence-electron chi connectivity index (χ3n) is 3.62. The Morgan fingerprint density at radius 3 is 1.86 bits per heavy atom. The van der Waals surface area contributed by atoms with Gasteiger partial charge < -0.3 is 9.16 Å². The molecule has 0 amide bonds. The molecule has 0 aromatic carbocycles. The average molecular weight is 336 g/mol. The molecule has 0 saturated carbocycles. The van der Waals surface area contributed by atoms with Gasteiger partial charge in [-0.15, -0.1) is 0 Å². The van der Waals surface area contributed by atoms with Gasteiger partial charge in [0.15, 0.2) is 13.9 Å². The number of ether oxygens (including phenoxy) is 1. The molecule has 1 aliphatic carbocycles. The minimum atomic E-state index is -4.53. The highest BCUT2D eigenvalue weighted by Crippen LogP contribution is 2.51. The van der Waals surface area contributed by atoms with Crippen LogP contribution in [-0.2, 0) is 9.16 Å². The summed E-state index contributed by atoms with van der Waals surface area (Å²) in [6.45, 7) is 12.3. The van der Waals surface area contributed by atoms with E-state index in [9.17, 15) is 13.2 Å². The highest BCUT2D eigenvalue weighted by atomic mass is 28.4. The Balaban J connectivity index is 3.62. The number of methoxy groups -OCH3 is 1. The van der Waals surface area contributed by atoms with E-state index in [1.165, 1.54) is 13.2 Å². The van der Waals surface area contributed by atoms with Gasteiger partial charge >= 0.3 is 6.18 Å². The van der Waals surface area contributed by atoms with Gasteiger partial charge in [0.1, 0.15) is 5.60 Å². The van der Waals surface area contributed by atoms with Gasteiger partial charge in [0.25, 0.3) is 0 Å². The van der Waals surface area contributed by atoms with Crippen molar-refractivity contribution in [2.45, 2.75) is 64.7 Å². The summed E-state index contributed by atoms with van der Waals surface area (Å²) in [5, 5.41) is 0. The molecule has 0 aromatic heterocycles. The predicted octanol–water partition coefficient (Wildman–Crippen LogP) is 5.09. The van der Waals surface area contributed by atoms with Crippen LogP contribution >= 0.6 is 0 Å². The van der Waals surface area contributed by atoms with Crippen molar-refractivity contribution >= 4 is 8.32 Å². The monoisotopic (exact) mass is 336 g/mol. The summed E-state index contributed by atoms with van der Waals surface area (Å²) in [6, 6.07) is 0. The van der Waals surface area contributed by atoms with Crippen LogP contribution in [-0.4, -0.2) is 32.8 Å². The minimum Gasteiger partial charge on any atom is -0.398 e. The number of hydrogen-bond donors (Lipinski definition) is 0. The van der Waals surface area contributed by atoms with E-state index in [4.69, 9.17) is 9.16 Å². The maximum absolute atomic E-state index is 14.0. The first kappa shape index (κ1) is 19.5. The molecule has 0 saturated heterocycles. The molecule has 0 unspecified atom stereocenters. The van der Waals surface area contributed by atoms with Crippen molar-refractivity contribution in [3.8, 4) is 0 Å². The lowest BCUT2D eigenvalue weighted by atomic mass is 9.70. The molecule has 1 aliphatic rings. The van der Waals surface area contributed by atoms with Gasteiger partial charge in [-0.2, -0.15) is 13.2 Å². The minimum absolute atomic E-state index is 0.196. The Kier molecular flexibility index (Phi) is 4.86. The lowest BCUT2D eigenvalue weighted by Crippen LogP contribution is -2.57. The van der Waals surface area contributed by atoms with E-state index >= 15 is 0 Å². The fourth-order valence-electron chi connectivity index (χ4n) is 2.59. The summed E-state index contributed by atoms with van der Waals surface area (Å²) in [5.41, 5.74) is -3.75. The second-order valence-electron chi connectivity index (χ2n) is 7.98. The van der Waals surface area contributed by atoms with Gasteiger partial charge in [-0.25, -0.2) is 0 Å². The van der Waals surface area contributed by atoms with E-state index < -0.39 is 31.1 Å². The van der Waals surface area contributed by atoms with Gasteiger partial charge in [0, 0.05) is 7.11 Å². The lowest BCUT2D eigenvalue weighted by molar-refractivity contribution is -0.223. The fraction of sp³-hybridized carbons (Fsp3) is 0.750. The van der Waals surface area contributed by atoms with Crippen molar-refractivity contribution in [3.63, 3.8) is 0 Å². The van der Waals surface area contributed by atoms with Crippen LogP contribution in [0.1, 0.15) is 27.7 Å². The van der Waals surface area contributed by atoms with E-state index in [0.717, 1.165) is 6.08 Å². The maximum Gasteiger partial charge on any atom is 0.424 e. The van der Waals surface area contributed by atoms with E-state index in [1.54, 1.807) is 53.4 Å². The normalized spacial score (nSPS) is 30.4. The molecule has 6 heteroatoms. The summed E-state index contributed by atoms with van der Waals surface area (Å²) in [7, 11) is -0.970. The molecule has 22 heavy (non-hydrogen) atoms. The van der Waals surface area contributed by atoms with Crippen molar-refractivity contribution in [1.29, 1.82) is 0 Å². The number of rotatable bonds is 3. The van der Waals surface area contributed by atoms with E-state index in [1.807, 2.05) is 0 Å². The molecule has 0 heterocycles. The Hall–Kier alpha value is -0.593. The number of alkyl halides is 3. The van der Waals surface area contributed by atoms with Crippen LogP contribution in [0, 0.1) is 5.41 Å². The second-order valence-corrected chi connectivity index (χ2v) is 12.4. The average Bonchev–Trinajstić information content (AvgIpc) is 2.27. The van der Waals surface area contributed by atoms with Crippen molar-refractivity contribution in [2.24, 2.45) is 5.41 Å². The molecule has 2 atom stereocenters. The highest BCUT2D eigenvalue weighted by Gasteiger charge is 2.61. The highest BCUT2D eigenvalue weighted by molar-refractivity contribution is 6.69. The first-order valence-corrected chi connectivity index (χ1v) is 10.7. The van der Waals surface area contributed by atoms with Gasteiger partial charge in [0.05, 0.1) is 0 Å². The molecule has 0 N–H and O–H groups in total.